The number of hydrogen-bond acceptors (Lipinski definition) is 2. The molecule has 0 aliphatic carbocycles. The molecule has 0 atom stereocenters. The summed E-state index contributed by atoms with van der Waals surface area (Å²) in [6.45, 7) is 7.06. The zero-order chi connectivity index (χ0) is 12.9. The molecule has 19 heavy (non-hydrogen) atoms. The van der Waals surface area contributed by atoms with E-state index in [2.05, 4.69) is 17.3 Å². The molecule has 0 amide bonds. The SMILES string of the molecule is O/N=C(/c1ccccc1)C12C[NH+]3C[NH+](C[NH+](C3)C1)C2. The summed E-state index contributed by atoms with van der Waals surface area (Å²) in [7, 11) is 0. The first-order chi connectivity index (χ1) is 9.29. The van der Waals surface area contributed by atoms with Gasteiger partial charge in [0.05, 0.1) is 0 Å². The summed E-state index contributed by atoms with van der Waals surface area (Å²) < 4.78 is 0. The van der Waals surface area contributed by atoms with Crippen molar-refractivity contribution >= 4 is 5.71 Å². The highest BCUT2D eigenvalue weighted by Crippen LogP contribution is 2.22. The summed E-state index contributed by atoms with van der Waals surface area (Å²) in [4.78, 5) is 4.97. The maximum atomic E-state index is 9.60. The zero-order valence-electron chi connectivity index (χ0n) is 11.0. The van der Waals surface area contributed by atoms with Crippen LogP contribution in [-0.2, 0) is 0 Å². The van der Waals surface area contributed by atoms with E-state index in [4.69, 9.17) is 0 Å². The van der Waals surface area contributed by atoms with Crippen LogP contribution in [0, 0.1) is 5.41 Å². The largest absolute Gasteiger partial charge is 0.411 e. The van der Waals surface area contributed by atoms with Crippen LogP contribution in [0.4, 0.5) is 0 Å². The molecule has 0 radical (unpaired) electrons. The topological polar surface area (TPSA) is 45.9 Å². The van der Waals surface area contributed by atoms with Crippen LogP contribution >= 0.6 is 0 Å². The molecule has 4 aliphatic heterocycles. The summed E-state index contributed by atoms with van der Waals surface area (Å²) in [6.07, 6.45) is 0. The molecule has 5 nitrogen and oxygen atoms in total. The van der Waals surface area contributed by atoms with Gasteiger partial charge in [0.1, 0.15) is 25.3 Å². The molecule has 4 heterocycles. The smallest absolute Gasteiger partial charge is 0.213 e. The zero-order valence-corrected chi connectivity index (χ0v) is 11.0. The van der Waals surface area contributed by atoms with Crippen molar-refractivity contribution in [3.8, 4) is 0 Å². The van der Waals surface area contributed by atoms with Gasteiger partial charge in [-0.3, -0.25) is 0 Å². The lowest BCUT2D eigenvalue weighted by molar-refractivity contribution is -1.30. The summed E-state index contributed by atoms with van der Waals surface area (Å²) >= 11 is 0. The Morgan fingerprint density at radius 3 is 1.95 bits per heavy atom. The Bertz CT molecular complexity index is 478. The normalized spacial score (nSPS) is 40.6. The molecule has 4 bridgehead atoms. The third-order valence-electron chi connectivity index (χ3n) is 4.91. The van der Waals surface area contributed by atoms with Gasteiger partial charge in [-0.2, -0.15) is 0 Å². The number of oxime groups is 1. The van der Waals surface area contributed by atoms with E-state index >= 15 is 0 Å². The van der Waals surface area contributed by atoms with Crippen LogP contribution in [0.5, 0.6) is 0 Å². The molecule has 1 aromatic carbocycles. The van der Waals surface area contributed by atoms with Crippen LogP contribution in [0.3, 0.4) is 0 Å². The Labute approximate surface area is 112 Å². The molecule has 4 fully saturated rings. The molecular formula is C14H21N4O+3. The first-order valence-electron chi connectivity index (χ1n) is 7.08. The Kier molecular flexibility index (Phi) is 2.42. The number of benzene rings is 1. The first kappa shape index (κ1) is 11.4. The van der Waals surface area contributed by atoms with Crippen molar-refractivity contribution in [1.29, 1.82) is 0 Å². The van der Waals surface area contributed by atoms with Crippen LogP contribution in [0.1, 0.15) is 5.56 Å². The highest BCUT2D eigenvalue weighted by molar-refractivity contribution is 6.04. The summed E-state index contributed by atoms with van der Waals surface area (Å²) in [5.41, 5.74) is 2.04. The van der Waals surface area contributed by atoms with Crippen molar-refractivity contribution in [2.75, 3.05) is 39.6 Å². The Morgan fingerprint density at radius 1 is 0.947 bits per heavy atom. The number of nitrogens with one attached hydrogen (secondary N) is 3. The predicted octanol–water partition coefficient (Wildman–Crippen LogP) is -3.58. The van der Waals surface area contributed by atoms with E-state index in [1.54, 1.807) is 14.7 Å². The van der Waals surface area contributed by atoms with Gasteiger partial charge in [0.2, 0.25) is 20.0 Å². The number of rotatable bonds is 2. The van der Waals surface area contributed by atoms with E-state index in [9.17, 15) is 5.21 Å². The van der Waals surface area contributed by atoms with Crippen LogP contribution in [0.2, 0.25) is 0 Å². The van der Waals surface area contributed by atoms with Crippen LogP contribution in [-0.4, -0.2) is 50.6 Å². The fraction of sp³-hybridized carbons (Fsp3) is 0.500. The maximum Gasteiger partial charge on any atom is 0.213 e. The predicted molar refractivity (Wildman–Crippen MR) is 69.3 cm³/mol. The monoisotopic (exact) mass is 261 g/mol. The highest BCUT2D eigenvalue weighted by Gasteiger charge is 2.60. The molecule has 4 saturated heterocycles. The van der Waals surface area contributed by atoms with Crippen molar-refractivity contribution in [2.24, 2.45) is 10.6 Å². The summed E-state index contributed by atoms with van der Waals surface area (Å²) in [5.74, 6) is 0. The van der Waals surface area contributed by atoms with Crippen molar-refractivity contribution in [3.63, 3.8) is 0 Å². The second-order valence-corrected chi connectivity index (χ2v) is 6.41. The van der Waals surface area contributed by atoms with Crippen LogP contribution < -0.4 is 14.7 Å². The lowest BCUT2D eigenvalue weighted by Gasteiger charge is -2.52. The van der Waals surface area contributed by atoms with Gasteiger partial charge in [0.25, 0.3) is 0 Å². The molecule has 0 saturated carbocycles. The second-order valence-electron chi connectivity index (χ2n) is 6.41. The van der Waals surface area contributed by atoms with Gasteiger partial charge in [-0.1, -0.05) is 35.5 Å². The van der Waals surface area contributed by atoms with Crippen molar-refractivity contribution in [3.05, 3.63) is 35.9 Å². The van der Waals surface area contributed by atoms with Gasteiger partial charge in [-0.05, 0) is 0 Å². The van der Waals surface area contributed by atoms with Gasteiger partial charge in [-0.15, -0.1) is 0 Å². The third-order valence-corrected chi connectivity index (χ3v) is 4.91. The fourth-order valence-electron chi connectivity index (χ4n) is 4.56. The molecule has 1 aromatic rings. The Morgan fingerprint density at radius 2 is 1.47 bits per heavy atom. The number of quaternary nitrogens is 3. The van der Waals surface area contributed by atoms with Gasteiger partial charge in [-0.25, -0.2) is 14.7 Å². The average Bonchev–Trinajstić information content (AvgIpc) is 2.38. The van der Waals surface area contributed by atoms with E-state index in [0.717, 1.165) is 30.9 Å². The van der Waals surface area contributed by atoms with Gasteiger partial charge >= 0.3 is 0 Å². The van der Waals surface area contributed by atoms with E-state index in [1.807, 2.05) is 18.2 Å². The van der Waals surface area contributed by atoms with Crippen molar-refractivity contribution < 1.29 is 19.9 Å². The van der Waals surface area contributed by atoms with Crippen molar-refractivity contribution in [2.45, 2.75) is 0 Å². The van der Waals surface area contributed by atoms with Gasteiger partial charge in [0.15, 0.2) is 5.41 Å². The van der Waals surface area contributed by atoms with E-state index < -0.39 is 0 Å². The molecule has 5 rings (SSSR count). The van der Waals surface area contributed by atoms with E-state index in [0.29, 0.717) is 0 Å². The summed E-state index contributed by atoms with van der Waals surface area (Å²) in [5, 5.41) is 13.3. The van der Waals surface area contributed by atoms with Crippen molar-refractivity contribution in [1.82, 2.24) is 0 Å². The Hall–Kier alpha value is -1.43. The van der Waals surface area contributed by atoms with E-state index in [-0.39, 0.29) is 5.41 Å². The van der Waals surface area contributed by atoms with E-state index in [1.165, 1.54) is 20.0 Å². The minimum atomic E-state index is 0.0604. The molecule has 5 heteroatoms. The molecule has 0 aromatic heterocycles. The molecule has 4 N–H and O–H groups in total. The molecule has 4 aliphatic rings. The number of hydrogen-bond donors (Lipinski definition) is 4. The molecule has 100 valence electrons. The highest BCUT2D eigenvalue weighted by atomic mass is 16.4. The maximum absolute atomic E-state index is 9.60. The second kappa shape index (κ2) is 4.03. The lowest BCUT2D eigenvalue weighted by Crippen LogP contribution is -3.56. The van der Waals surface area contributed by atoms with Gasteiger partial charge < -0.3 is 5.21 Å². The fourth-order valence-corrected chi connectivity index (χ4v) is 4.56. The molecule has 0 unspecified atom stereocenters. The number of nitrogens with zero attached hydrogens (tertiary/aromatic N) is 1. The molecule has 0 spiro atoms. The average molecular weight is 261 g/mol. The van der Waals surface area contributed by atoms with Gasteiger partial charge in [0, 0.05) is 5.56 Å². The van der Waals surface area contributed by atoms with Crippen LogP contribution in [0.15, 0.2) is 35.5 Å². The minimum Gasteiger partial charge on any atom is -0.411 e. The Balaban J connectivity index is 1.74. The molecular weight excluding hydrogens is 240 g/mol. The lowest BCUT2D eigenvalue weighted by atomic mass is 9.74. The first-order valence-corrected chi connectivity index (χ1v) is 7.08. The summed E-state index contributed by atoms with van der Waals surface area (Å²) in [6, 6.07) is 10.2. The third kappa shape index (κ3) is 1.69. The van der Waals surface area contributed by atoms with Crippen LogP contribution in [0.25, 0.3) is 0 Å². The quantitative estimate of drug-likeness (QED) is 0.248. The standard InChI is InChI=1S/C14H18N4O/c19-15-13(12-4-2-1-3-5-12)14-6-16-9-17(7-14)11-18(8-14)10-16/h1-5,19H,6-11H2/p+3/b15-13-. The minimum absolute atomic E-state index is 0.0604.